The number of benzene rings is 1. The number of ether oxygens (including phenoxy) is 3. The number of amides is 1. The Balaban J connectivity index is 2.29. The molecule has 0 spiro atoms. The Kier molecular flexibility index (Phi) is 5.32. The second-order valence-corrected chi connectivity index (χ2v) is 4.67. The van der Waals surface area contributed by atoms with Crippen molar-refractivity contribution < 1.29 is 37.7 Å². The van der Waals surface area contributed by atoms with Crippen molar-refractivity contribution in [2.75, 3.05) is 26.9 Å². The van der Waals surface area contributed by atoms with E-state index in [1.807, 2.05) is 0 Å². The van der Waals surface area contributed by atoms with Crippen LogP contribution in [-0.4, -0.2) is 61.4 Å². The van der Waals surface area contributed by atoms with Crippen LogP contribution in [0.3, 0.4) is 0 Å². The summed E-state index contributed by atoms with van der Waals surface area (Å²) in [7, 11) is 1.28. The van der Waals surface area contributed by atoms with E-state index in [9.17, 15) is 18.4 Å². The predicted molar refractivity (Wildman–Crippen MR) is 72.9 cm³/mol. The van der Waals surface area contributed by atoms with Crippen LogP contribution in [0, 0.1) is 0 Å². The highest BCUT2D eigenvalue weighted by Gasteiger charge is 2.33. The fourth-order valence-corrected chi connectivity index (χ4v) is 2.21. The quantitative estimate of drug-likeness (QED) is 0.873. The molecule has 1 amide bonds. The maximum absolute atomic E-state index is 12.5. The molecule has 126 valence electrons. The van der Waals surface area contributed by atoms with Gasteiger partial charge in [-0.25, -0.2) is 4.79 Å². The average Bonchev–Trinajstić information content (AvgIpc) is 2.53. The molecule has 1 N–H and O–H groups in total. The number of nitrogens with zero attached hydrogens (tertiary/aromatic N) is 1. The molecule has 0 bridgehead atoms. The minimum atomic E-state index is -3.08. The van der Waals surface area contributed by atoms with Crippen molar-refractivity contribution >= 4 is 11.9 Å². The van der Waals surface area contributed by atoms with E-state index in [1.54, 1.807) is 0 Å². The lowest BCUT2D eigenvalue weighted by Crippen LogP contribution is -2.52. The van der Waals surface area contributed by atoms with Gasteiger partial charge in [0.05, 0.1) is 20.3 Å². The topological polar surface area (TPSA) is 85.3 Å². The van der Waals surface area contributed by atoms with Crippen LogP contribution in [-0.2, 0) is 9.53 Å². The monoisotopic (exact) mass is 331 g/mol. The third kappa shape index (κ3) is 3.86. The highest BCUT2D eigenvalue weighted by molar-refractivity contribution is 5.97. The Bertz CT molecular complexity index is 595. The van der Waals surface area contributed by atoms with E-state index >= 15 is 0 Å². The number of carbonyl (C=O) groups excluding carboxylic acids is 1. The molecule has 9 heteroatoms. The number of hydrogen-bond donors (Lipinski definition) is 1. The molecule has 1 unspecified atom stereocenters. The van der Waals surface area contributed by atoms with Crippen LogP contribution >= 0.6 is 0 Å². The number of alkyl halides is 2. The maximum Gasteiger partial charge on any atom is 0.387 e. The van der Waals surface area contributed by atoms with Crippen molar-refractivity contribution in [1.29, 1.82) is 0 Å². The Morgan fingerprint density at radius 1 is 1.39 bits per heavy atom. The third-order valence-corrected chi connectivity index (χ3v) is 3.30. The lowest BCUT2D eigenvalue weighted by molar-refractivity contribution is -0.147. The van der Waals surface area contributed by atoms with E-state index in [4.69, 9.17) is 14.6 Å². The van der Waals surface area contributed by atoms with Crippen LogP contribution < -0.4 is 9.47 Å². The first-order valence-corrected chi connectivity index (χ1v) is 6.68. The van der Waals surface area contributed by atoms with Gasteiger partial charge >= 0.3 is 12.6 Å². The van der Waals surface area contributed by atoms with E-state index < -0.39 is 24.5 Å². The Labute approximate surface area is 130 Å². The van der Waals surface area contributed by atoms with E-state index in [0.29, 0.717) is 0 Å². The van der Waals surface area contributed by atoms with Gasteiger partial charge in [-0.3, -0.25) is 4.79 Å². The normalized spacial score (nSPS) is 17.9. The van der Waals surface area contributed by atoms with Crippen LogP contribution in [0.25, 0.3) is 0 Å². The van der Waals surface area contributed by atoms with Crippen molar-refractivity contribution in [3.63, 3.8) is 0 Å². The third-order valence-electron chi connectivity index (χ3n) is 3.30. The zero-order valence-corrected chi connectivity index (χ0v) is 12.2. The van der Waals surface area contributed by atoms with Crippen LogP contribution in [0.5, 0.6) is 11.5 Å². The van der Waals surface area contributed by atoms with Gasteiger partial charge in [-0.1, -0.05) is 0 Å². The molecule has 0 aromatic heterocycles. The van der Waals surface area contributed by atoms with Crippen LogP contribution in [0.2, 0.25) is 0 Å². The summed E-state index contributed by atoms with van der Waals surface area (Å²) in [5.74, 6) is -2.06. The number of carbonyl (C=O) groups is 2. The van der Waals surface area contributed by atoms with Gasteiger partial charge in [0.1, 0.15) is 0 Å². The molecule has 1 aliphatic rings. The highest BCUT2D eigenvalue weighted by atomic mass is 19.3. The predicted octanol–water partition coefficient (Wildman–Crippen LogP) is 1.22. The number of hydrogen-bond acceptors (Lipinski definition) is 5. The molecule has 1 aromatic rings. The van der Waals surface area contributed by atoms with E-state index in [-0.39, 0.29) is 36.8 Å². The summed E-state index contributed by atoms with van der Waals surface area (Å²) in [4.78, 5) is 24.8. The lowest BCUT2D eigenvalue weighted by Gasteiger charge is -2.33. The van der Waals surface area contributed by atoms with Gasteiger partial charge in [-0.15, -0.1) is 0 Å². The van der Waals surface area contributed by atoms with Gasteiger partial charge in [-0.2, -0.15) is 8.78 Å². The highest BCUT2D eigenvalue weighted by Crippen LogP contribution is 2.30. The minimum absolute atomic E-state index is 0.0228. The van der Waals surface area contributed by atoms with Gasteiger partial charge < -0.3 is 24.2 Å². The summed E-state index contributed by atoms with van der Waals surface area (Å²) in [6.45, 7) is -2.92. The van der Waals surface area contributed by atoms with Gasteiger partial charge in [0.25, 0.3) is 5.91 Å². The van der Waals surface area contributed by atoms with Crippen molar-refractivity contribution in [2.24, 2.45) is 0 Å². The smallest absolute Gasteiger partial charge is 0.387 e. The molecule has 23 heavy (non-hydrogen) atoms. The number of carboxylic acids is 1. The van der Waals surface area contributed by atoms with Crippen molar-refractivity contribution in [1.82, 2.24) is 4.90 Å². The fourth-order valence-electron chi connectivity index (χ4n) is 2.21. The molecule has 1 aliphatic heterocycles. The molecule has 1 fully saturated rings. The number of carboxylic acid groups (broad SMARTS) is 1. The summed E-state index contributed by atoms with van der Waals surface area (Å²) in [6.07, 6.45) is 0. The molecule has 0 radical (unpaired) electrons. The number of rotatable bonds is 5. The first-order valence-electron chi connectivity index (χ1n) is 6.68. The van der Waals surface area contributed by atoms with E-state index in [0.717, 1.165) is 11.0 Å². The second-order valence-electron chi connectivity index (χ2n) is 4.67. The molecular formula is C14H15F2NO6. The SMILES string of the molecule is COc1ccc(C(=O)N2CCOCC2C(=O)O)cc1OC(F)F. The summed E-state index contributed by atoms with van der Waals surface area (Å²) < 4.78 is 39.1. The zero-order chi connectivity index (χ0) is 17.0. The van der Waals surface area contributed by atoms with Crippen molar-refractivity contribution in [3.8, 4) is 11.5 Å². The summed E-state index contributed by atoms with van der Waals surface area (Å²) >= 11 is 0. The van der Waals surface area contributed by atoms with Crippen molar-refractivity contribution in [3.05, 3.63) is 23.8 Å². The number of methoxy groups -OCH3 is 1. The Morgan fingerprint density at radius 2 is 2.13 bits per heavy atom. The summed E-state index contributed by atoms with van der Waals surface area (Å²) in [5.41, 5.74) is 0.0228. The van der Waals surface area contributed by atoms with Crippen molar-refractivity contribution in [2.45, 2.75) is 12.7 Å². The van der Waals surface area contributed by atoms with Gasteiger partial charge in [0.2, 0.25) is 0 Å². The molecular weight excluding hydrogens is 316 g/mol. The maximum atomic E-state index is 12.5. The Morgan fingerprint density at radius 3 is 2.74 bits per heavy atom. The number of aliphatic carboxylic acids is 1. The molecule has 1 atom stereocenters. The largest absolute Gasteiger partial charge is 0.493 e. The average molecular weight is 331 g/mol. The summed E-state index contributed by atoms with van der Waals surface area (Å²) in [6, 6.07) is 2.63. The molecule has 1 heterocycles. The Hall–Kier alpha value is -2.42. The van der Waals surface area contributed by atoms with E-state index in [1.165, 1.54) is 19.2 Å². The van der Waals surface area contributed by atoms with Gasteiger partial charge in [0.15, 0.2) is 17.5 Å². The zero-order valence-electron chi connectivity index (χ0n) is 12.2. The lowest BCUT2D eigenvalue weighted by atomic mass is 10.1. The summed E-state index contributed by atoms with van der Waals surface area (Å²) in [5, 5.41) is 9.14. The molecule has 1 saturated heterocycles. The first kappa shape index (κ1) is 16.9. The first-order chi connectivity index (χ1) is 10.9. The number of morpholine rings is 1. The van der Waals surface area contributed by atoms with Crippen LogP contribution in [0.15, 0.2) is 18.2 Å². The minimum Gasteiger partial charge on any atom is -0.493 e. The van der Waals surface area contributed by atoms with E-state index in [2.05, 4.69) is 4.74 Å². The van der Waals surface area contributed by atoms with Gasteiger partial charge in [0, 0.05) is 12.1 Å². The molecule has 0 saturated carbocycles. The van der Waals surface area contributed by atoms with Gasteiger partial charge in [-0.05, 0) is 18.2 Å². The second kappa shape index (κ2) is 7.23. The van der Waals surface area contributed by atoms with Crippen LogP contribution in [0.1, 0.15) is 10.4 Å². The standard InChI is InChI=1S/C14H15F2NO6/c1-21-10-3-2-8(6-11(10)23-14(15)16)12(18)17-4-5-22-7-9(17)13(19)20/h2-3,6,9,14H,4-5,7H2,1H3,(H,19,20). The number of halogens is 2. The molecule has 2 rings (SSSR count). The molecule has 1 aromatic carbocycles. The molecule has 7 nitrogen and oxygen atoms in total. The molecule has 0 aliphatic carbocycles. The fraction of sp³-hybridized carbons (Fsp3) is 0.429. The van der Waals surface area contributed by atoms with Crippen LogP contribution in [0.4, 0.5) is 8.78 Å².